The highest BCUT2D eigenvalue weighted by Gasteiger charge is 2.16. The van der Waals surface area contributed by atoms with Crippen LogP contribution >= 0.6 is 0 Å². The molecular weight excluding hydrogens is 404 g/mol. The summed E-state index contributed by atoms with van der Waals surface area (Å²) in [5.74, 6) is 0.684. The molecule has 8 heteroatoms. The van der Waals surface area contributed by atoms with Crippen LogP contribution in [-0.2, 0) is 11.3 Å². The van der Waals surface area contributed by atoms with Crippen molar-refractivity contribution in [3.8, 4) is 23.0 Å². The molecule has 0 saturated carbocycles. The number of methoxy groups -OCH3 is 1. The number of imidazole rings is 1. The molecule has 0 radical (unpaired) electrons. The highest BCUT2D eigenvalue weighted by atomic mass is 16.5. The minimum Gasteiger partial charge on any atom is -0.425 e. The molecule has 0 bridgehead atoms. The number of rotatable bonds is 7. The quantitative estimate of drug-likeness (QED) is 0.368. The van der Waals surface area contributed by atoms with E-state index in [0.29, 0.717) is 24.9 Å². The van der Waals surface area contributed by atoms with Crippen LogP contribution in [0.25, 0.3) is 33.5 Å². The first kappa shape index (κ1) is 20.1. The largest absolute Gasteiger partial charge is 0.425 e. The molecule has 32 heavy (non-hydrogen) atoms. The van der Waals surface area contributed by atoms with Crippen molar-refractivity contribution < 1.29 is 9.47 Å². The van der Waals surface area contributed by atoms with Gasteiger partial charge in [-0.2, -0.15) is 10.1 Å². The second kappa shape index (κ2) is 8.39. The molecule has 5 aromatic rings. The lowest BCUT2D eigenvalue weighted by Gasteiger charge is -2.09. The molecule has 1 aromatic carbocycles. The van der Waals surface area contributed by atoms with E-state index in [0.717, 1.165) is 33.5 Å². The molecule has 4 aromatic heterocycles. The van der Waals surface area contributed by atoms with Gasteiger partial charge in [-0.25, -0.2) is 4.98 Å². The van der Waals surface area contributed by atoms with Crippen LogP contribution in [0.4, 0.5) is 0 Å². The van der Waals surface area contributed by atoms with Crippen LogP contribution in [0.5, 0.6) is 11.8 Å². The number of hydrogen-bond donors (Lipinski definition) is 0. The Hall–Kier alpha value is -3.78. The number of pyridine rings is 2. The van der Waals surface area contributed by atoms with Gasteiger partial charge in [-0.1, -0.05) is 0 Å². The Morgan fingerprint density at radius 3 is 2.53 bits per heavy atom. The lowest BCUT2D eigenvalue weighted by Crippen LogP contribution is -2.06. The Kier molecular flexibility index (Phi) is 5.28. The fraction of sp³-hybridized carbons (Fsp3) is 0.250. The van der Waals surface area contributed by atoms with Crippen molar-refractivity contribution in [3.63, 3.8) is 0 Å². The Morgan fingerprint density at radius 1 is 0.969 bits per heavy atom. The molecule has 4 heterocycles. The van der Waals surface area contributed by atoms with Gasteiger partial charge < -0.3 is 9.47 Å². The van der Waals surface area contributed by atoms with Gasteiger partial charge in [0.05, 0.1) is 18.7 Å². The van der Waals surface area contributed by atoms with E-state index in [1.807, 2.05) is 51.7 Å². The van der Waals surface area contributed by atoms with Gasteiger partial charge in [-0.15, -0.1) is 0 Å². The Morgan fingerprint density at radius 2 is 1.75 bits per heavy atom. The van der Waals surface area contributed by atoms with Crippen molar-refractivity contribution in [2.75, 3.05) is 13.7 Å². The first-order chi connectivity index (χ1) is 15.7. The Balaban J connectivity index is 1.47. The van der Waals surface area contributed by atoms with E-state index in [4.69, 9.17) is 14.6 Å². The fourth-order valence-corrected chi connectivity index (χ4v) is 3.75. The second-order valence-electron chi connectivity index (χ2n) is 7.77. The minimum atomic E-state index is 0.242. The smallest absolute Gasteiger partial charge is 0.304 e. The summed E-state index contributed by atoms with van der Waals surface area (Å²) in [5.41, 5.74) is 5.31. The number of hydrogen-bond acceptors (Lipinski definition) is 6. The van der Waals surface area contributed by atoms with Gasteiger partial charge in [0.25, 0.3) is 0 Å². The molecule has 8 nitrogen and oxygen atoms in total. The lowest BCUT2D eigenvalue weighted by atomic mass is 10.1. The average molecular weight is 428 g/mol. The number of ether oxygens (including phenoxy) is 2. The second-order valence-corrected chi connectivity index (χ2v) is 7.77. The van der Waals surface area contributed by atoms with Crippen molar-refractivity contribution in [1.29, 1.82) is 0 Å². The molecule has 0 N–H and O–H groups in total. The van der Waals surface area contributed by atoms with Crippen molar-refractivity contribution in [2.45, 2.75) is 26.4 Å². The molecule has 0 spiro atoms. The zero-order chi connectivity index (χ0) is 22.1. The maximum atomic E-state index is 6.13. The Bertz CT molecular complexity index is 1370. The first-order valence-corrected chi connectivity index (χ1v) is 10.6. The maximum absolute atomic E-state index is 6.13. The fourth-order valence-electron chi connectivity index (χ4n) is 3.75. The predicted octanol–water partition coefficient (Wildman–Crippen LogP) is 4.86. The summed E-state index contributed by atoms with van der Waals surface area (Å²) < 4.78 is 15.3. The summed E-state index contributed by atoms with van der Waals surface area (Å²) in [6.07, 6.45) is 3.55. The summed E-state index contributed by atoms with van der Waals surface area (Å²) in [6, 6.07) is 16.3. The van der Waals surface area contributed by atoms with Crippen molar-refractivity contribution in [1.82, 2.24) is 29.3 Å². The molecular formula is C24H24N6O2. The molecule has 5 rings (SSSR count). The molecule has 0 fully saturated rings. The zero-order valence-corrected chi connectivity index (χ0v) is 18.3. The van der Waals surface area contributed by atoms with Gasteiger partial charge in [0, 0.05) is 31.1 Å². The maximum Gasteiger partial charge on any atom is 0.304 e. The summed E-state index contributed by atoms with van der Waals surface area (Å²) >= 11 is 0. The SMILES string of the molecule is COCCn1c(Oc2ccc(-c3nn(C(C)C)c4cccnc34)cc2)nc2cccnc21. The molecule has 0 unspecified atom stereocenters. The van der Waals surface area contributed by atoms with Crippen LogP contribution in [0.3, 0.4) is 0 Å². The topological polar surface area (TPSA) is 79.9 Å². The van der Waals surface area contributed by atoms with E-state index in [-0.39, 0.29) is 6.04 Å². The molecule has 0 aliphatic carbocycles. The summed E-state index contributed by atoms with van der Waals surface area (Å²) in [7, 11) is 1.67. The summed E-state index contributed by atoms with van der Waals surface area (Å²) in [6.45, 7) is 5.37. The molecule has 162 valence electrons. The van der Waals surface area contributed by atoms with Crippen molar-refractivity contribution in [2.24, 2.45) is 0 Å². The average Bonchev–Trinajstić information content (AvgIpc) is 3.37. The lowest BCUT2D eigenvalue weighted by molar-refractivity contribution is 0.185. The van der Waals surface area contributed by atoms with Crippen LogP contribution in [-0.4, -0.2) is 43.0 Å². The number of benzene rings is 1. The summed E-state index contributed by atoms with van der Waals surface area (Å²) in [4.78, 5) is 13.6. The zero-order valence-electron chi connectivity index (χ0n) is 18.3. The number of aromatic nitrogens is 6. The molecule has 0 amide bonds. The standard InChI is InChI=1S/C24H24N6O2/c1-16(2)30-20-7-5-12-25-22(20)21(28-30)17-8-10-18(11-9-17)32-24-27-19-6-4-13-26-23(19)29(24)14-15-31-3/h4-13,16H,14-15H2,1-3H3. The van der Waals surface area contributed by atoms with Gasteiger partial charge in [-0.3, -0.25) is 14.2 Å². The van der Waals surface area contributed by atoms with Crippen LogP contribution in [0.15, 0.2) is 60.9 Å². The third-order valence-electron chi connectivity index (χ3n) is 5.28. The van der Waals surface area contributed by atoms with Crippen LogP contribution in [0.2, 0.25) is 0 Å². The van der Waals surface area contributed by atoms with E-state index in [9.17, 15) is 0 Å². The van der Waals surface area contributed by atoms with Crippen LogP contribution in [0, 0.1) is 0 Å². The van der Waals surface area contributed by atoms with Gasteiger partial charge in [0.1, 0.15) is 22.5 Å². The van der Waals surface area contributed by atoms with Crippen LogP contribution in [0.1, 0.15) is 19.9 Å². The van der Waals surface area contributed by atoms with E-state index in [1.165, 1.54) is 0 Å². The van der Waals surface area contributed by atoms with Crippen molar-refractivity contribution >= 4 is 22.2 Å². The highest BCUT2D eigenvalue weighted by Crippen LogP contribution is 2.31. The van der Waals surface area contributed by atoms with Gasteiger partial charge in [-0.05, 0) is 62.4 Å². The third-order valence-corrected chi connectivity index (χ3v) is 5.28. The van der Waals surface area contributed by atoms with Crippen LogP contribution < -0.4 is 4.74 Å². The highest BCUT2D eigenvalue weighted by molar-refractivity contribution is 5.90. The van der Waals surface area contributed by atoms with Crippen molar-refractivity contribution in [3.05, 3.63) is 60.9 Å². The van der Waals surface area contributed by atoms with Gasteiger partial charge >= 0.3 is 6.01 Å². The van der Waals surface area contributed by atoms with Gasteiger partial charge in [0.15, 0.2) is 5.65 Å². The van der Waals surface area contributed by atoms with E-state index < -0.39 is 0 Å². The molecule has 0 aliphatic heterocycles. The number of nitrogens with zero attached hydrogens (tertiary/aromatic N) is 6. The summed E-state index contributed by atoms with van der Waals surface area (Å²) in [5, 5.41) is 4.82. The van der Waals surface area contributed by atoms with E-state index in [1.54, 1.807) is 19.5 Å². The number of fused-ring (bicyclic) bond motifs is 2. The molecule has 0 saturated heterocycles. The van der Waals surface area contributed by atoms with E-state index >= 15 is 0 Å². The normalized spacial score (nSPS) is 11.6. The minimum absolute atomic E-state index is 0.242. The first-order valence-electron chi connectivity index (χ1n) is 10.6. The predicted molar refractivity (Wildman–Crippen MR) is 123 cm³/mol. The van der Waals surface area contributed by atoms with E-state index in [2.05, 4.69) is 34.9 Å². The molecule has 0 aliphatic rings. The molecule has 0 atom stereocenters. The monoisotopic (exact) mass is 428 g/mol. The third kappa shape index (κ3) is 3.58. The van der Waals surface area contributed by atoms with Gasteiger partial charge in [0.2, 0.25) is 0 Å². The Labute approximate surface area is 185 Å².